The van der Waals surface area contributed by atoms with Crippen LogP contribution in [-0.4, -0.2) is 23.2 Å². The molecule has 0 aliphatic carbocycles. The van der Waals surface area contributed by atoms with Crippen molar-refractivity contribution < 1.29 is 9.90 Å². The first-order valence-corrected chi connectivity index (χ1v) is 4.81. The van der Waals surface area contributed by atoms with Gasteiger partial charge in [-0.3, -0.25) is 4.79 Å². The third kappa shape index (κ3) is 1.45. The number of anilines is 1. The molecule has 0 radical (unpaired) electrons. The van der Waals surface area contributed by atoms with E-state index >= 15 is 0 Å². The van der Waals surface area contributed by atoms with Crippen molar-refractivity contribution in [1.82, 2.24) is 0 Å². The average molecular weight is 203 g/mol. The predicted molar refractivity (Wildman–Crippen MR) is 58.6 cm³/mol. The van der Waals surface area contributed by atoms with E-state index in [1.165, 1.54) is 6.92 Å². The highest BCUT2D eigenvalue weighted by Crippen LogP contribution is 2.30. The second kappa shape index (κ2) is 3.21. The van der Waals surface area contributed by atoms with Crippen molar-refractivity contribution in [1.29, 1.82) is 0 Å². The Hall–Kier alpha value is -1.61. The normalized spacial score (nSPS) is 26.1. The van der Waals surface area contributed by atoms with Gasteiger partial charge in [0, 0.05) is 12.2 Å². The van der Waals surface area contributed by atoms with Gasteiger partial charge in [0.05, 0.1) is 0 Å². The van der Waals surface area contributed by atoms with Gasteiger partial charge in [0.15, 0.2) is 5.60 Å². The summed E-state index contributed by atoms with van der Waals surface area (Å²) in [7, 11) is 0. The summed E-state index contributed by atoms with van der Waals surface area (Å²) in [4.78, 5) is 13.4. The summed E-state index contributed by atoms with van der Waals surface area (Å²) in [5.41, 5.74) is -0.0895. The first-order valence-electron chi connectivity index (χ1n) is 4.81. The summed E-state index contributed by atoms with van der Waals surface area (Å²) < 4.78 is 0. The number of carbonyl (C=O) groups is 1. The van der Waals surface area contributed by atoms with Crippen molar-refractivity contribution in [2.45, 2.75) is 12.5 Å². The van der Waals surface area contributed by atoms with Crippen LogP contribution in [0.5, 0.6) is 0 Å². The number of hydrogen-bond donors (Lipinski definition) is 1. The maximum absolute atomic E-state index is 11.9. The highest BCUT2D eigenvalue weighted by Gasteiger charge is 2.44. The SMILES string of the molecule is C=C1CN(c2ccccc2)C(=O)C1(C)O. The van der Waals surface area contributed by atoms with E-state index in [1.807, 2.05) is 30.3 Å². The number of amides is 1. The van der Waals surface area contributed by atoms with Gasteiger partial charge in [-0.2, -0.15) is 0 Å². The van der Waals surface area contributed by atoms with Crippen molar-refractivity contribution in [2.24, 2.45) is 0 Å². The molecule has 0 bridgehead atoms. The Bertz CT molecular complexity index is 409. The molecule has 1 saturated heterocycles. The van der Waals surface area contributed by atoms with E-state index in [0.29, 0.717) is 12.1 Å². The molecule has 1 aliphatic rings. The van der Waals surface area contributed by atoms with Crippen LogP contribution in [0.25, 0.3) is 0 Å². The Morgan fingerprint density at radius 2 is 2.00 bits per heavy atom. The maximum Gasteiger partial charge on any atom is 0.263 e. The number of benzene rings is 1. The molecule has 1 atom stereocenters. The second-order valence-electron chi connectivity index (χ2n) is 3.90. The highest BCUT2D eigenvalue weighted by molar-refractivity contribution is 6.05. The second-order valence-corrected chi connectivity index (χ2v) is 3.90. The Labute approximate surface area is 88.6 Å². The fourth-order valence-electron chi connectivity index (χ4n) is 1.65. The van der Waals surface area contributed by atoms with Gasteiger partial charge in [0.25, 0.3) is 5.91 Å². The van der Waals surface area contributed by atoms with Crippen LogP contribution < -0.4 is 4.90 Å². The lowest BCUT2D eigenvalue weighted by molar-refractivity contribution is -0.129. The Balaban J connectivity index is 2.36. The molecule has 1 heterocycles. The minimum atomic E-state index is -1.42. The van der Waals surface area contributed by atoms with Crippen molar-refractivity contribution in [2.75, 3.05) is 11.4 Å². The minimum absolute atomic E-state index is 0.307. The fourth-order valence-corrected chi connectivity index (χ4v) is 1.65. The molecule has 1 unspecified atom stereocenters. The third-order valence-corrected chi connectivity index (χ3v) is 2.77. The third-order valence-electron chi connectivity index (χ3n) is 2.77. The molecule has 2 rings (SSSR count). The van der Waals surface area contributed by atoms with E-state index in [-0.39, 0.29) is 5.91 Å². The molecule has 1 N–H and O–H groups in total. The largest absolute Gasteiger partial charge is 0.376 e. The number of hydrogen-bond acceptors (Lipinski definition) is 2. The van der Waals surface area contributed by atoms with Gasteiger partial charge < -0.3 is 10.0 Å². The molecule has 3 heteroatoms. The van der Waals surface area contributed by atoms with Crippen molar-refractivity contribution in [3.63, 3.8) is 0 Å². The number of aliphatic hydroxyl groups is 1. The summed E-state index contributed by atoms with van der Waals surface area (Å²) in [6, 6.07) is 9.28. The van der Waals surface area contributed by atoms with E-state index in [2.05, 4.69) is 6.58 Å². The molecule has 1 aliphatic heterocycles. The highest BCUT2D eigenvalue weighted by atomic mass is 16.3. The monoisotopic (exact) mass is 203 g/mol. The summed E-state index contributed by atoms with van der Waals surface area (Å²) in [6.07, 6.45) is 0. The first-order chi connectivity index (χ1) is 7.03. The summed E-state index contributed by atoms with van der Waals surface area (Å²) in [5, 5.41) is 9.87. The number of rotatable bonds is 1. The van der Waals surface area contributed by atoms with Gasteiger partial charge in [-0.1, -0.05) is 24.8 Å². The van der Waals surface area contributed by atoms with Gasteiger partial charge in [0.1, 0.15) is 0 Å². The van der Waals surface area contributed by atoms with Crippen molar-refractivity contribution in [3.8, 4) is 0 Å². The quantitative estimate of drug-likeness (QED) is 0.700. The standard InChI is InChI=1S/C12H13NO2/c1-9-8-13(11(14)12(9,2)15)10-6-4-3-5-7-10/h3-7,15H,1,8H2,2H3. The molecule has 0 saturated carbocycles. The van der Waals surface area contributed by atoms with Gasteiger partial charge in [-0.05, 0) is 24.6 Å². The predicted octanol–water partition coefficient (Wildman–Crippen LogP) is 1.34. The van der Waals surface area contributed by atoms with Crippen LogP contribution in [0.15, 0.2) is 42.5 Å². The summed E-state index contributed by atoms with van der Waals surface area (Å²) in [6.45, 7) is 5.59. The number of para-hydroxylation sites is 1. The molecule has 1 fully saturated rings. The molecule has 0 aromatic heterocycles. The van der Waals surface area contributed by atoms with E-state index in [0.717, 1.165) is 5.69 Å². The van der Waals surface area contributed by atoms with Gasteiger partial charge in [-0.25, -0.2) is 0 Å². The number of nitrogens with zero attached hydrogens (tertiary/aromatic N) is 1. The Morgan fingerprint density at radius 1 is 1.40 bits per heavy atom. The Morgan fingerprint density at radius 3 is 2.47 bits per heavy atom. The van der Waals surface area contributed by atoms with Crippen LogP contribution in [0.3, 0.4) is 0 Å². The van der Waals surface area contributed by atoms with Crippen LogP contribution in [0.4, 0.5) is 5.69 Å². The first kappa shape index (κ1) is 9.93. The molecule has 15 heavy (non-hydrogen) atoms. The Kier molecular flexibility index (Phi) is 2.12. The molecular formula is C12H13NO2. The molecule has 78 valence electrons. The molecular weight excluding hydrogens is 190 g/mol. The lowest BCUT2D eigenvalue weighted by Gasteiger charge is -2.18. The zero-order valence-corrected chi connectivity index (χ0v) is 8.60. The van der Waals surface area contributed by atoms with Crippen LogP contribution in [-0.2, 0) is 4.79 Å². The maximum atomic E-state index is 11.9. The van der Waals surface area contributed by atoms with Crippen LogP contribution in [0, 0.1) is 0 Å². The number of carbonyl (C=O) groups excluding carboxylic acids is 1. The van der Waals surface area contributed by atoms with Crippen LogP contribution in [0.2, 0.25) is 0 Å². The molecule has 1 aromatic carbocycles. The van der Waals surface area contributed by atoms with E-state index in [9.17, 15) is 9.90 Å². The molecule has 3 nitrogen and oxygen atoms in total. The lowest BCUT2D eigenvalue weighted by atomic mass is 10.0. The van der Waals surface area contributed by atoms with E-state index < -0.39 is 5.60 Å². The van der Waals surface area contributed by atoms with Crippen molar-refractivity contribution >= 4 is 11.6 Å². The zero-order valence-electron chi connectivity index (χ0n) is 8.60. The minimum Gasteiger partial charge on any atom is -0.376 e. The molecule has 1 amide bonds. The molecule has 0 spiro atoms. The van der Waals surface area contributed by atoms with E-state index in [1.54, 1.807) is 4.90 Å². The van der Waals surface area contributed by atoms with Crippen LogP contribution >= 0.6 is 0 Å². The smallest absolute Gasteiger partial charge is 0.263 e. The van der Waals surface area contributed by atoms with Crippen molar-refractivity contribution in [3.05, 3.63) is 42.5 Å². The molecule has 1 aromatic rings. The topological polar surface area (TPSA) is 40.5 Å². The summed E-state index contributed by atoms with van der Waals surface area (Å²) in [5.74, 6) is -0.307. The lowest BCUT2D eigenvalue weighted by Crippen LogP contribution is -2.37. The van der Waals surface area contributed by atoms with Crippen LogP contribution in [0.1, 0.15) is 6.92 Å². The summed E-state index contributed by atoms with van der Waals surface area (Å²) >= 11 is 0. The van der Waals surface area contributed by atoms with Gasteiger partial charge in [0.2, 0.25) is 0 Å². The van der Waals surface area contributed by atoms with Gasteiger partial charge in [-0.15, -0.1) is 0 Å². The van der Waals surface area contributed by atoms with E-state index in [4.69, 9.17) is 0 Å². The van der Waals surface area contributed by atoms with Gasteiger partial charge >= 0.3 is 0 Å². The fraction of sp³-hybridized carbons (Fsp3) is 0.250. The average Bonchev–Trinajstić information content (AvgIpc) is 2.44. The zero-order chi connectivity index (χ0) is 11.1.